The molecule has 0 aliphatic heterocycles. The second-order valence-electron chi connectivity index (χ2n) is 8.08. The number of halogens is 5. The topological polar surface area (TPSA) is 86.8 Å². The Morgan fingerprint density at radius 1 is 0.914 bits per heavy atom. The van der Waals surface area contributed by atoms with Gasteiger partial charge in [-0.3, -0.25) is 13.9 Å². The Morgan fingerprint density at radius 3 is 2.06 bits per heavy atom. The number of nitrogens with one attached hydrogen (secondary N) is 1. The minimum Gasteiger partial charge on any atom is -0.352 e. The summed E-state index contributed by atoms with van der Waals surface area (Å²) < 4.78 is 26.1. The molecule has 0 saturated heterocycles. The number of anilines is 1. The lowest BCUT2D eigenvalue weighted by Gasteiger charge is -2.32. The minimum absolute atomic E-state index is 0.0180. The first kappa shape index (κ1) is 29.8. The molecule has 35 heavy (non-hydrogen) atoms. The van der Waals surface area contributed by atoms with E-state index in [1.807, 2.05) is 0 Å². The summed E-state index contributed by atoms with van der Waals surface area (Å²) >= 11 is 30.6. The smallest absolute Gasteiger partial charge is 0.244 e. The third-order valence-corrected chi connectivity index (χ3v) is 7.63. The van der Waals surface area contributed by atoms with Gasteiger partial charge < -0.3 is 10.2 Å². The Bertz CT molecular complexity index is 1220. The fourth-order valence-electron chi connectivity index (χ4n) is 3.12. The number of rotatable bonds is 9. The van der Waals surface area contributed by atoms with Gasteiger partial charge in [-0.05, 0) is 50.6 Å². The lowest BCUT2D eigenvalue weighted by Crippen LogP contribution is -2.52. The first-order valence-corrected chi connectivity index (χ1v) is 14.0. The second kappa shape index (κ2) is 12.2. The normalized spacial score (nSPS) is 12.4. The molecule has 0 spiro atoms. The highest BCUT2D eigenvalue weighted by molar-refractivity contribution is 7.92. The van der Waals surface area contributed by atoms with Gasteiger partial charge in [-0.1, -0.05) is 64.1 Å². The molecule has 0 bridgehead atoms. The number of hydrogen-bond acceptors (Lipinski definition) is 4. The molecule has 2 aromatic rings. The molecule has 13 heteroatoms. The van der Waals surface area contributed by atoms with Crippen LogP contribution in [0.3, 0.4) is 0 Å². The van der Waals surface area contributed by atoms with Crippen LogP contribution in [0.5, 0.6) is 0 Å². The lowest BCUT2D eigenvalue weighted by molar-refractivity contribution is -0.139. The van der Waals surface area contributed by atoms with Crippen molar-refractivity contribution >= 4 is 85.5 Å². The van der Waals surface area contributed by atoms with Crippen LogP contribution in [-0.2, 0) is 26.2 Å². The van der Waals surface area contributed by atoms with E-state index in [0.717, 1.165) is 10.6 Å². The maximum Gasteiger partial charge on any atom is 0.244 e. The zero-order valence-corrected chi connectivity index (χ0v) is 23.9. The number of benzene rings is 2. The Kier molecular flexibility index (Phi) is 10.4. The number of nitrogens with zero attached hydrogens (tertiary/aromatic N) is 2. The van der Waals surface area contributed by atoms with E-state index >= 15 is 0 Å². The Hall–Kier alpha value is -1.42. The van der Waals surface area contributed by atoms with Gasteiger partial charge in [-0.25, -0.2) is 8.42 Å². The van der Waals surface area contributed by atoms with E-state index in [9.17, 15) is 18.0 Å². The number of amides is 2. The lowest BCUT2D eigenvalue weighted by atomic mass is 10.1. The molecule has 2 amide bonds. The summed E-state index contributed by atoms with van der Waals surface area (Å²) in [5, 5.41) is 3.61. The van der Waals surface area contributed by atoms with Crippen molar-refractivity contribution in [2.75, 3.05) is 17.1 Å². The average Bonchev–Trinajstić information content (AvgIpc) is 2.72. The van der Waals surface area contributed by atoms with Crippen LogP contribution in [0.1, 0.15) is 26.3 Å². The van der Waals surface area contributed by atoms with E-state index in [-0.39, 0.29) is 33.3 Å². The third-order valence-electron chi connectivity index (χ3n) is 4.89. The number of carbonyl (C=O) groups excluding carboxylic acids is 2. The molecule has 1 N–H and O–H groups in total. The summed E-state index contributed by atoms with van der Waals surface area (Å²) in [7, 11) is -3.99. The zero-order chi connectivity index (χ0) is 26.7. The van der Waals surface area contributed by atoms with Crippen LogP contribution in [0.15, 0.2) is 30.3 Å². The third kappa shape index (κ3) is 8.03. The molecule has 2 aromatic carbocycles. The number of hydrogen-bond donors (Lipinski definition) is 1. The Balaban J connectivity index is 2.50. The van der Waals surface area contributed by atoms with Gasteiger partial charge in [0.15, 0.2) is 0 Å². The van der Waals surface area contributed by atoms with Crippen LogP contribution in [0.25, 0.3) is 0 Å². The van der Waals surface area contributed by atoms with Crippen LogP contribution in [0.2, 0.25) is 25.1 Å². The van der Waals surface area contributed by atoms with Crippen molar-refractivity contribution in [3.63, 3.8) is 0 Å². The van der Waals surface area contributed by atoms with Crippen LogP contribution in [-0.4, -0.2) is 50.0 Å². The molecular weight excluding hydrogens is 580 g/mol. The van der Waals surface area contributed by atoms with Gasteiger partial charge in [0.1, 0.15) is 12.6 Å². The maximum atomic E-state index is 13.5. The van der Waals surface area contributed by atoms with Crippen molar-refractivity contribution in [2.45, 2.75) is 39.4 Å². The van der Waals surface area contributed by atoms with Crippen LogP contribution in [0, 0.1) is 0 Å². The van der Waals surface area contributed by atoms with Crippen molar-refractivity contribution in [3.05, 3.63) is 61.0 Å². The molecule has 2 rings (SSSR count). The summed E-state index contributed by atoms with van der Waals surface area (Å²) in [4.78, 5) is 27.5. The fourth-order valence-corrected chi connectivity index (χ4v) is 5.13. The van der Waals surface area contributed by atoms with E-state index < -0.39 is 34.4 Å². The van der Waals surface area contributed by atoms with Gasteiger partial charge in [0.05, 0.1) is 27.0 Å². The SMILES string of the molecule is CC(C)NC(=O)[C@H](C)N(Cc1ccc(Cl)cc1Cl)C(=O)CN(c1cc(Cl)c(Cl)cc1Cl)S(C)(=O)=O. The van der Waals surface area contributed by atoms with Gasteiger partial charge >= 0.3 is 0 Å². The monoisotopic (exact) mass is 601 g/mol. The minimum atomic E-state index is -3.99. The second-order valence-corrected chi connectivity index (χ2v) is 12.1. The van der Waals surface area contributed by atoms with E-state index in [4.69, 9.17) is 58.0 Å². The van der Waals surface area contributed by atoms with Crippen molar-refractivity contribution in [3.8, 4) is 0 Å². The van der Waals surface area contributed by atoms with E-state index in [0.29, 0.717) is 15.6 Å². The summed E-state index contributed by atoms with van der Waals surface area (Å²) in [5.74, 6) is -1.09. The molecule has 7 nitrogen and oxygen atoms in total. The molecule has 0 aromatic heterocycles. The van der Waals surface area contributed by atoms with Crippen LogP contribution in [0.4, 0.5) is 5.69 Å². The van der Waals surface area contributed by atoms with Crippen molar-refractivity contribution in [2.24, 2.45) is 0 Å². The quantitative estimate of drug-likeness (QED) is 0.375. The van der Waals surface area contributed by atoms with Gasteiger partial charge in [0.2, 0.25) is 21.8 Å². The molecule has 192 valence electrons. The average molecular weight is 604 g/mol. The first-order valence-electron chi connectivity index (χ1n) is 10.3. The Labute approximate surface area is 230 Å². The van der Waals surface area contributed by atoms with Gasteiger partial charge in [0, 0.05) is 22.6 Å². The van der Waals surface area contributed by atoms with Crippen molar-refractivity contribution < 1.29 is 18.0 Å². The molecule has 0 aliphatic carbocycles. The predicted octanol–water partition coefficient (Wildman–Crippen LogP) is 5.66. The highest BCUT2D eigenvalue weighted by Crippen LogP contribution is 2.35. The highest BCUT2D eigenvalue weighted by Gasteiger charge is 2.31. The molecular formula is C22H24Cl5N3O4S. The molecule has 0 heterocycles. The first-order chi connectivity index (χ1) is 16.1. The summed E-state index contributed by atoms with van der Waals surface area (Å²) in [5.41, 5.74) is 0.493. The van der Waals surface area contributed by atoms with E-state index in [1.54, 1.807) is 26.0 Å². The van der Waals surface area contributed by atoms with Crippen molar-refractivity contribution in [1.82, 2.24) is 10.2 Å². The predicted molar refractivity (Wildman–Crippen MR) is 143 cm³/mol. The van der Waals surface area contributed by atoms with Gasteiger partial charge in [0.25, 0.3) is 0 Å². The standard InChI is InChI=1S/C22H24Cl5N3O4S/c1-12(2)28-22(32)13(3)29(10-14-5-6-15(23)7-16(14)24)21(31)11-30(35(4,33)34)20-9-18(26)17(25)8-19(20)27/h5-9,12-13H,10-11H2,1-4H3,(H,28,32)/t13-/m0/s1. The van der Waals surface area contributed by atoms with Gasteiger partial charge in [-0.2, -0.15) is 0 Å². The molecule has 0 saturated carbocycles. The number of carbonyl (C=O) groups is 2. The largest absolute Gasteiger partial charge is 0.352 e. The molecule has 0 unspecified atom stereocenters. The van der Waals surface area contributed by atoms with Crippen LogP contribution < -0.4 is 9.62 Å². The van der Waals surface area contributed by atoms with Crippen LogP contribution >= 0.6 is 58.0 Å². The molecule has 0 aliphatic rings. The fraction of sp³-hybridized carbons (Fsp3) is 0.364. The summed E-state index contributed by atoms with van der Waals surface area (Å²) in [6, 6.07) is 6.15. The zero-order valence-electron chi connectivity index (χ0n) is 19.3. The van der Waals surface area contributed by atoms with Crippen molar-refractivity contribution in [1.29, 1.82) is 0 Å². The van der Waals surface area contributed by atoms with E-state index in [2.05, 4.69) is 5.32 Å². The van der Waals surface area contributed by atoms with Gasteiger partial charge in [-0.15, -0.1) is 0 Å². The summed E-state index contributed by atoms with van der Waals surface area (Å²) in [6.45, 7) is 4.38. The summed E-state index contributed by atoms with van der Waals surface area (Å²) in [6.07, 6.45) is 0.925. The van der Waals surface area contributed by atoms with E-state index in [1.165, 1.54) is 30.0 Å². The molecule has 0 radical (unpaired) electrons. The maximum absolute atomic E-state index is 13.5. The Morgan fingerprint density at radius 2 is 1.51 bits per heavy atom. The molecule has 0 fully saturated rings. The highest BCUT2D eigenvalue weighted by atomic mass is 35.5. The molecule has 1 atom stereocenters. The number of sulfonamides is 1.